The molecule has 7 nitrogen and oxygen atoms in total. The standard InChI is InChI=1S/C26H29F4N7/c27-19-10-8-18(9-11-19)17-22-33-24(32-20-5-2-1-3-6-20)35-25(34-22)37-15-13-36(14-16-37)23-21(26(28,29)30)7-4-12-31-23/h4,7-12,20H,1-3,5-6,13-17H2,(H,32,33,34,35). The van der Waals surface area contributed by atoms with Gasteiger partial charge in [-0.25, -0.2) is 9.37 Å². The van der Waals surface area contributed by atoms with E-state index in [1.807, 2.05) is 4.90 Å². The Labute approximate surface area is 213 Å². The van der Waals surface area contributed by atoms with Gasteiger partial charge in [0.1, 0.15) is 17.5 Å². The third-order valence-electron chi connectivity index (χ3n) is 6.84. The van der Waals surface area contributed by atoms with Crippen molar-refractivity contribution in [2.45, 2.75) is 50.7 Å². The highest BCUT2D eigenvalue weighted by atomic mass is 19.4. The number of hydrogen-bond donors (Lipinski definition) is 1. The molecular weight excluding hydrogens is 486 g/mol. The summed E-state index contributed by atoms with van der Waals surface area (Å²) >= 11 is 0. The topological polar surface area (TPSA) is 70.1 Å². The van der Waals surface area contributed by atoms with Crippen LogP contribution in [0.4, 0.5) is 35.3 Å². The second kappa shape index (κ2) is 10.9. The average Bonchev–Trinajstić information content (AvgIpc) is 2.90. The maximum absolute atomic E-state index is 13.5. The molecule has 196 valence electrons. The Balaban J connectivity index is 1.35. The quantitative estimate of drug-likeness (QED) is 0.459. The lowest BCUT2D eigenvalue weighted by Gasteiger charge is -2.36. The molecular formula is C26H29F4N7. The van der Waals surface area contributed by atoms with Gasteiger partial charge < -0.3 is 15.1 Å². The van der Waals surface area contributed by atoms with E-state index in [1.165, 1.54) is 30.8 Å². The van der Waals surface area contributed by atoms with E-state index in [-0.39, 0.29) is 11.6 Å². The highest BCUT2D eigenvalue weighted by molar-refractivity contribution is 5.50. The van der Waals surface area contributed by atoms with Crippen molar-refractivity contribution in [1.82, 2.24) is 19.9 Å². The van der Waals surface area contributed by atoms with Crippen molar-refractivity contribution in [3.63, 3.8) is 0 Å². The van der Waals surface area contributed by atoms with Gasteiger partial charge in [-0.15, -0.1) is 0 Å². The van der Waals surface area contributed by atoms with Crippen LogP contribution in [0.5, 0.6) is 0 Å². The maximum Gasteiger partial charge on any atom is 0.419 e. The second-order valence-corrected chi connectivity index (χ2v) is 9.50. The smallest absolute Gasteiger partial charge is 0.353 e. The molecule has 2 fully saturated rings. The molecule has 3 heterocycles. The van der Waals surface area contributed by atoms with Gasteiger partial charge in [0, 0.05) is 44.8 Å². The van der Waals surface area contributed by atoms with Crippen LogP contribution in [0.1, 0.15) is 49.1 Å². The predicted octanol–water partition coefficient (Wildman–Crippen LogP) is 5.09. The van der Waals surface area contributed by atoms with E-state index in [2.05, 4.69) is 25.3 Å². The number of nitrogens with zero attached hydrogens (tertiary/aromatic N) is 6. The van der Waals surface area contributed by atoms with Crippen LogP contribution in [0.2, 0.25) is 0 Å². The highest BCUT2D eigenvalue weighted by Gasteiger charge is 2.36. The zero-order chi connectivity index (χ0) is 25.8. The monoisotopic (exact) mass is 515 g/mol. The van der Waals surface area contributed by atoms with E-state index in [0.29, 0.717) is 56.4 Å². The minimum absolute atomic E-state index is 0.0538. The number of alkyl halides is 3. The molecule has 3 aromatic rings. The van der Waals surface area contributed by atoms with Gasteiger partial charge in [0.15, 0.2) is 0 Å². The molecule has 1 N–H and O–H groups in total. The molecule has 0 bridgehead atoms. The third kappa shape index (κ3) is 6.26. The van der Waals surface area contributed by atoms with Crippen LogP contribution in [0.3, 0.4) is 0 Å². The van der Waals surface area contributed by atoms with Crippen molar-refractivity contribution in [1.29, 1.82) is 0 Å². The van der Waals surface area contributed by atoms with Gasteiger partial charge >= 0.3 is 6.18 Å². The first kappa shape index (κ1) is 25.2. The molecule has 2 aliphatic rings. The van der Waals surface area contributed by atoms with Gasteiger partial charge in [0.25, 0.3) is 0 Å². The van der Waals surface area contributed by atoms with Gasteiger partial charge in [-0.05, 0) is 42.7 Å². The molecule has 0 spiro atoms. The van der Waals surface area contributed by atoms with Crippen LogP contribution in [0.25, 0.3) is 0 Å². The van der Waals surface area contributed by atoms with Crippen LogP contribution in [0.15, 0.2) is 42.6 Å². The third-order valence-corrected chi connectivity index (χ3v) is 6.84. The molecule has 1 aromatic carbocycles. The summed E-state index contributed by atoms with van der Waals surface area (Å²) in [6.45, 7) is 1.59. The van der Waals surface area contributed by atoms with E-state index in [0.717, 1.165) is 37.3 Å². The van der Waals surface area contributed by atoms with Crippen molar-refractivity contribution < 1.29 is 17.6 Å². The molecule has 37 heavy (non-hydrogen) atoms. The zero-order valence-corrected chi connectivity index (χ0v) is 20.4. The lowest BCUT2D eigenvalue weighted by Crippen LogP contribution is -2.48. The highest BCUT2D eigenvalue weighted by Crippen LogP contribution is 2.35. The van der Waals surface area contributed by atoms with Crippen LogP contribution in [-0.2, 0) is 12.6 Å². The van der Waals surface area contributed by atoms with Gasteiger partial charge in [-0.2, -0.15) is 28.1 Å². The number of anilines is 3. The Kier molecular flexibility index (Phi) is 7.38. The average molecular weight is 516 g/mol. The van der Waals surface area contributed by atoms with Gasteiger partial charge in [-0.3, -0.25) is 0 Å². The number of pyridine rings is 1. The SMILES string of the molecule is Fc1ccc(Cc2nc(NC3CCCCC3)nc(N3CCN(c4ncccc4C(F)(F)F)CC3)n2)cc1. The van der Waals surface area contributed by atoms with Crippen molar-refractivity contribution in [2.75, 3.05) is 41.3 Å². The predicted molar refractivity (Wildman–Crippen MR) is 133 cm³/mol. The molecule has 0 amide bonds. The first-order valence-electron chi connectivity index (χ1n) is 12.6. The van der Waals surface area contributed by atoms with Gasteiger partial charge in [-0.1, -0.05) is 31.4 Å². The maximum atomic E-state index is 13.5. The summed E-state index contributed by atoms with van der Waals surface area (Å²) < 4.78 is 53.9. The lowest BCUT2D eigenvalue weighted by molar-refractivity contribution is -0.137. The van der Waals surface area contributed by atoms with E-state index in [9.17, 15) is 17.6 Å². The molecule has 5 rings (SSSR count). The number of halogens is 4. The molecule has 1 aliphatic heterocycles. The minimum Gasteiger partial charge on any atom is -0.353 e. The molecule has 11 heteroatoms. The summed E-state index contributed by atoms with van der Waals surface area (Å²) in [7, 11) is 0. The molecule has 1 saturated heterocycles. The Morgan fingerprint density at radius 1 is 0.865 bits per heavy atom. The fourth-order valence-corrected chi connectivity index (χ4v) is 4.90. The normalized spacial score (nSPS) is 17.2. The number of rotatable bonds is 6. The van der Waals surface area contributed by atoms with Crippen LogP contribution < -0.4 is 15.1 Å². The first-order valence-corrected chi connectivity index (χ1v) is 12.6. The van der Waals surface area contributed by atoms with E-state index in [4.69, 9.17) is 0 Å². The lowest BCUT2D eigenvalue weighted by atomic mass is 9.96. The molecule has 2 aromatic heterocycles. The number of aromatic nitrogens is 4. The number of benzene rings is 1. The summed E-state index contributed by atoms with van der Waals surface area (Å²) in [6.07, 6.45) is 2.99. The zero-order valence-electron chi connectivity index (χ0n) is 20.4. The number of piperazine rings is 1. The van der Waals surface area contributed by atoms with Gasteiger partial charge in [0.2, 0.25) is 11.9 Å². The Hall–Kier alpha value is -3.50. The van der Waals surface area contributed by atoms with Crippen molar-refractivity contribution in [3.05, 3.63) is 65.4 Å². The van der Waals surface area contributed by atoms with Crippen LogP contribution in [-0.4, -0.2) is 52.2 Å². The molecule has 0 radical (unpaired) electrons. The van der Waals surface area contributed by atoms with E-state index < -0.39 is 11.7 Å². The molecule has 1 saturated carbocycles. The van der Waals surface area contributed by atoms with Crippen molar-refractivity contribution >= 4 is 17.7 Å². The Morgan fingerprint density at radius 3 is 2.27 bits per heavy atom. The van der Waals surface area contributed by atoms with Crippen molar-refractivity contribution in [3.8, 4) is 0 Å². The summed E-state index contributed by atoms with van der Waals surface area (Å²) in [5.74, 6) is 1.19. The number of nitrogens with one attached hydrogen (secondary N) is 1. The van der Waals surface area contributed by atoms with Crippen LogP contribution >= 0.6 is 0 Å². The van der Waals surface area contributed by atoms with Gasteiger partial charge in [0.05, 0.1) is 5.56 Å². The molecule has 0 atom stereocenters. The van der Waals surface area contributed by atoms with Crippen molar-refractivity contribution in [2.24, 2.45) is 0 Å². The fraction of sp³-hybridized carbons (Fsp3) is 0.462. The minimum atomic E-state index is -4.47. The van der Waals surface area contributed by atoms with Crippen LogP contribution in [0, 0.1) is 5.82 Å². The van der Waals surface area contributed by atoms with E-state index in [1.54, 1.807) is 17.0 Å². The number of hydrogen-bond acceptors (Lipinski definition) is 7. The Morgan fingerprint density at radius 2 is 1.57 bits per heavy atom. The second-order valence-electron chi connectivity index (χ2n) is 9.50. The largest absolute Gasteiger partial charge is 0.419 e. The molecule has 1 aliphatic carbocycles. The summed E-state index contributed by atoms with van der Waals surface area (Å²) in [5, 5.41) is 3.46. The summed E-state index contributed by atoms with van der Waals surface area (Å²) in [6, 6.07) is 8.88. The first-order chi connectivity index (χ1) is 17.8. The summed E-state index contributed by atoms with van der Waals surface area (Å²) in [5.41, 5.74) is 0.144. The molecule has 0 unspecified atom stereocenters. The fourth-order valence-electron chi connectivity index (χ4n) is 4.90. The summed E-state index contributed by atoms with van der Waals surface area (Å²) in [4.78, 5) is 21.6. The van der Waals surface area contributed by atoms with E-state index >= 15 is 0 Å². The Bertz CT molecular complexity index is 1190.